The van der Waals surface area contributed by atoms with Crippen LogP contribution in [-0.2, 0) is 12.8 Å². The van der Waals surface area contributed by atoms with Gasteiger partial charge in [-0.25, -0.2) is 9.36 Å². The predicted molar refractivity (Wildman–Crippen MR) is 137 cm³/mol. The van der Waals surface area contributed by atoms with Gasteiger partial charge in [0.25, 0.3) is 5.56 Å². The first kappa shape index (κ1) is 23.6. The summed E-state index contributed by atoms with van der Waals surface area (Å²) in [6, 6.07) is 12.9. The van der Waals surface area contributed by atoms with Gasteiger partial charge in [-0.05, 0) is 73.7 Å². The number of aromatic amines is 2. The average Bonchev–Trinajstić information content (AvgIpc) is 3.21. The van der Waals surface area contributed by atoms with Crippen molar-refractivity contribution in [2.45, 2.75) is 39.5 Å². The Bertz CT molecular complexity index is 1460. The van der Waals surface area contributed by atoms with Crippen LogP contribution in [0.1, 0.15) is 43.4 Å². The predicted octanol–water partition coefficient (Wildman–Crippen LogP) is 4.76. The lowest BCUT2D eigenvalue weighted by molar-refractivity contribution is 0.429. The number of aliphatic imine (C=N–C) groups is 1. The number of halogens is 1. The number of unbranched alkanes of at least 4 members (excludes halogenated alkanes) is 1. The quantitative estimate of drug-likeness (QED) is 0.318. The molecule has 0 bridgehead atoms. The van der Waals surface area contributed by atoms with Crippen LogP contribution in [0.25, 0.3) is 16.6 Å². The van der Waals surface area contributed by atoms with E-state index in [2.05, 4.69) is 40.1 Å². The molecule has 0 amide bonds. The number of aromatic hydroxyl groups is 1. The third-order valence-electron chi connectivity index (χ3n) is 5.91. The molecule has 4 aromatic rings. The van der Waals surface area contributed by atoms with E-state index in [1.54, 1.807) is 31.2 Å². The Morgan fingerprint density at radius 2 is 1.88 bits per heavy atom. The topological polar surface area (TPSA) is 103 Å². The van der Waals surface area contributed by atoms with Crippen LogP contribution in [0.2, 0.25) is 5.02 Å². The van der Waals surface area contributed by atoms with Gasteiger partial charge in [0.1, 0.15) is 5.56 Å². The second-order valence-electron chi connectivity index (χ2n) is 8.28. The Morgan fingerprint density at radius 1 is 1.12 bits per heavy atom. The van der Waals surface area contributed by atoms with Gasteiger partial charge in [-0.15, -0.1) is 0 Å². The van der Waals surface area contributed by atoms with Gasteiger partial charge in [-0.3, -0.25) is 14.8 Å². The summed E-state index contributed by atoms with van der Waals surface area (Å²) in [7, 11) is 0. The van der Waals surface area contributed by atoms with E-state index in [0.29, 0.717) is 29.4 Å². The van der Waals surface area contributed by atoms with Crippen LogP contribution >= 0.6 is 11.6 Å². The van der Waals surface area contributed by atoms with Crippen molar-refractivity contribution in [1.82, 2.24) is 14.5 Å². The Labute approximate surface area is 201 Å². The highest BCUT2D eigenvalue weighted by Crippen LogP contribution is 2.22. The van der Waals surface area contributed by atoms with Crippen molar-refractivity contribution >= 4 is 28.2 Å². The van der Waals surface area contributed by atoms with E-state index in [4.69, 9.17) is 11.6 Å². The molecule has 34 heavy (non-hydrogen) atoms. The maximum atomic E-state index is 12.5. The molecule has 2 aromatic carbocycles. The highest BCUT2D eigenvalue weighted by molar-refractivity contribution is 6.30. The van der Waals surface area contributed by atoms with Crippen molar-refractivity contribution in [3.8, 4) is 11.6 Å². The molecule has 0 aliphatic carbocycles. The molecule has 8 heteroatoms. The van der Waals surface area contributed by atoms with Crippen LogP contribution in [0.4, 0.5) is 0 Å². The summed E-state index contributed by atoms with van der Waals surface area (Å²) in [5.74, 6) is -0.454. The lowest BCUT2D eigenvalue weighted by Gasteiger charge is -2.11. The molecular weight excluding hydrogens is 452 g/mol. The number of hydrogen-bond acceptors (Lipinski definition) is 4. The van der Waals surface area contributed by atoms with Crippen LogP contribution in [0.5, 0.6) is 5.88 Å². The second-order valence-corrected chi connectivity index (χ2v) is 8.72. The number of aryl methyl sites for hydroxylation is 1. The smallest absolute Gasteiger partial charge is 0.335 e. The molecular formula is C26H27ClN4O3. The third-order valence-corrected chi connectivity index (χ3v) is 6.17. The summed E-state index contributed by atoms with van der Waals surface area (Å²) in [6.07, 6.45) is 6.03. The lowest BCUT2D eigenvalue weighted by atomic mass is 10.0. The van der Waals surface area contributed by atoms with Gasteiger partial charge in [0.15, 0.2) is 0 Å². The van der Waals surface area contributed by atoms with Gasteiger partial charge in [0.2, 0.25) is 5.88 Å². The van der Waals surface area contributed by atoms with Crippen molar-refractivity contribution in [3.05, 3.63) is 91.2 Å². The van der Waals surface area contributed by atoms with Crippen molar-refractivity contribution in [1.29, 1.82) is 0 Å². The standard InChI is InChI=1S/C26H27ClN4O3/c1-3-4-5-17-6-11-22-21(14-17)18(15-29-22)12-13-28-16(2)23-24(32)30-26(34)31(25(23)33)20-9-7-19(27)8-10-20/h6-11,14-15,29,33H,3-5,12-13H2,1-2H3,(H,30,32,34). The highest BCUT2D eigenvalue weighted by atomic mass is 35.5. The molecule has 0 saturated heterocycles. The fourth-order valence-corrected chi connectivity index (χ4v) is 4.20. The van der Waals surface area contributed by atoms with E-state index in [-0.39, 0.29) is 5.56 Å². The normalized spacial score (nSPS) is 11.9. The SMILES string of the molecule is CCCCc1ccc2[nH]cc(CCN=C(C)c3c(O)n(-c4ccc(Cl)cc4)c(=O)[nH]c3=O)c2c1. The molecule has 0 radical (unpaired) electrons. The zero-order valence-corrected chi connectivity index (χ0v) is 19.9. The van der Waals surface area contributed by atoms with E-state index >= 15 is 0 Å². The van der Waals surface area contributed by atoms with Crippen LogP contribution < -0.4 is 11.2 Å². The maximum Gasteiger partial charge on any atom is 0.335 e. The first-order chi connectivity index (χ1) is 16.4. The molecule has 0 unspecified atom stereocenters. The molecule has 0 spiro atoms. The molecule has 0 aliphatic heterocycles. The monoisotopic (exact) mass is 478 g/mol. The largest absolute Gasteiger partial charge is 0.493 e. The van der Waals surface area contributed by atoms with Gasteiger partial charge in [-0.2, -0.15) is 0 Å². The van der Waals surface area contributed by atoms with E-state index < -0.39 is 17.1 Å². The summed E-state index contributed by atoms with van der Waals surface area (Å²) < 4.78 is 1.03. The van der Waals surface area contributed by atoms with Gasteiger partial charge in [0.05, 0.1) is 5.69 Å². The molecule has 2 heterocycles. The summed E-state index contributed by atoms with van der Waals surface area (Å²) in [5, 5.41) is 12.5. The minimum Gasteiger partial charge on any atom is -0.493 e. The molecule has 2 aromatic heterocycles. The number of aromatic nitrogens is 3. The minimum absolute atomic E-state index is 0.0321. The molecule has 0 atom stereocenters. The molecule has 176 valence electrons. The van der Waals surface area contributed by atoms with Crippen molar-refractivity contribution in [2.75, 3.05) is 6.54 Å². The van der Waals surface area contributed by atoms with Crippen LogP contribution in [-0.4, -0.2) is 31.9 Å². The van der Waals surface area contributed by atoms with Crippen molar-refractivity contribution < 1.29 is 5.11 Å². The van der Waals surface area contributed by atoms with E-state index in [0.717, 1.165) is 34.9 Å². The van der Waals surface area contributed by atoms with Crippen LogP contribution in [0.3, 0.4) is 0 Å². The Kier molecular flexibility index (Phi) is 7.03. The van der Waals surface area contributed by atoms with E-state index in [1.807, 2.05) is 6.20 Å². The number of nitrogens with one attached hydrogen (secondary N) is 2. The number of benzene rings is 2. The summed E-state index contributed by atoms with van der Waals surface area (Å²) >= 11 is 5.92. The first-order valence-corrected chi connectivity index (χ1v) is 11.7. The van der Waals surface area contributed by atoms with Crippen molar-refractivity contribution in [3.63, 3.8) is 0 Å². The fraction of sp³-hybridized carbons (Fsp3) is 0.269. The zero-order chi connectivity index (χ0) is 24.2. The highest BCUT2D eigenvalue weighted by Gasteiger charge is 2.18. The number of fused-ring (bicyclic) bond motifs is 1. The van der Waals surface area contributed by atoms with Gasteiger partial charge >= 0.3 is 5.69 Å². The number of rotatable bonds is 8. The van der Waals surface area contributed by atoms with Gasteiger partial charge in [-0.1, -0.05) is 31.0 Å². The Balaban J connectivity index is 1.60. The minimum atomic E-state index is -0.737. The Morgan fingerprint density at radius 3 is 2.62 bits per heavy atom. The lowest BCUT2D eigenvalue weighted by Crippen LogP contribution is -2.32. The molecule has 7 nitrogen and oxygen atoms in total. The third kappa shape index (κ3) is 4.84. The van der Waals surface area contributed by atoms with Gasteiger partial charge < -0.3 is 10.1 Å². The summed E-state index contributed by atoms with van der Waals surface area (Å²) in [4.78, 5) is 35.0. The number of nitrogens with zero attached hydrogens (tertiary/aromatic N) is 2. The van der Waals surface area contributed by atoms with Gasteiger partial charge in [0, 0.05) is 34.4 Å². The summed E-state index contributed by atoms with van der Waals surface area (Å²) in [6.45, 7) is 4.26. The van der Waals surface area contributed by atoms with E-state index in [9.17, 15) is 14.7 Å². The van der Waals surface area contributed by atoms with Crippen molar-refractivity contribution in [2.24, 2.45) is 4.99 Å². The maximum absolute atomic E-state index is 12.5. The summed E-state index contributed by atoms with van der Waals surface area (Å²) in [5.41, 5.74) is 2.83. The van der Waals surface area contributed by atoms with Crippen LogP contribution in [0, 0.1) is 0 Å². The molecule has 3 N–H and O–H groups in total. The van der Waals surface area contributed by atoms with Crippen LogP contribution in [0.15, 0.2) is 63.2 Å². The first-order valence-electron chi connectivity index (χ1n) is 11.3. The number of hydrogen-bond donors (Lipinski definition) is 3. The zero-order valence-electron chi connectivity index (χ0n) is 19.2. The number of H-pyrrole nitrogens is 2. The molecule has 0 aliphatic rings. The Hall–Kier alpha value is -3.58. The van der Waals surface area contributed by atoms with E-state index in [1.165, 1.54) is 10.9 Å². The molecule has 0 saturated carbocycles. The fourth-order valence-electron chi connectivity index (χ4n) is 4.07. The second kappa shape index (κ2) is 10.1. The molecule has 0 fully saturated rings. The molecule has 4 rings (SSSR count). The average molecular weight is 479 g/mol.